The summed E-state index contributed by atoms with van der Waals surface area (Å²) < 4.78 is 33.6. The zero-order chi connectivity index (χ0) is 36.4. The number of carbonyl (C=O) groups excluding carboxylic acids is 1. The maximum Gasteiger partial charge on any atom is 0.306 e. The molecule has 3 heterocycles. The molecule has 10 N–H and O–H groups in total. The Morgan fingerprint density at radius 3 is 1.96 bits per heavy atom. The Bertz CT molecular complexity index is 1710. The van der Waals surface area contributed by atoms with Crippen LogP contribution < -0.4 is 14.9 Å². The van der Waals surface area contributed by atoms with Crippen LogP contribution in [0.4, 0.5) is 0 Å². The molecule has 1 aliphatic carbocycles. The molecule has 10 atom stereocenters. The number of carbonyl (C=O) groups is 2. The molecule has 50 heavy (non-hydrogen) atoms. The van der Waals surface area contributed by atoms with Crippen molar-refractivity contribution in [1.29, 1.82) is 0 Å². The highest BCUT2D eigenvalue weighted by Crippen LogP contribution is 2.44. The van der Waals surface area contributed by atoms with Gasteiger partial charge in [-0.05, 0) is 24.3 Å². The lowest BCUT2D eigenvalue weighted by Crippen LogP contribution is -2.60. The number of phenolic OH excluding ortho intramolecular Hbond substituents is 2. The van der Waals surface area contributed by atoms with E-state index in [-0.39, 0.29) is 34.1 Å². The lowest BCUT2D eigenvalue weighted by molar-refractivity contribution is -0.278. The Kier molecular flexibility index (Phi) is 11.1. The number of hydrogen-bond acceptors (Lipinski definition) is 18. The summed E-state index contributed by atoms with van der Waals surface area (Å²) in [6.07, 6.45) is -18.5. The zero-order valence-electron chi connectivity index (χ0n) is 25.7. The Labute approximate surface area is 280 Å². The van der Waals surface area contributed by atoms with E-state index in [4.69, 9.17) is 33.2 Å². The molecule has 1 aromatic rings. The monoisotopic (exact) mass is 710 g/mol. The SMILES string of the molecule is O=C(O)CCC(=O)OC[C@H]1O[C@@H](Oc2cc3c(O[C@@H]4O[C@H](CO)[C@@H](O)[C@H](O)[C@H]4O)cc(=O)cc-3oc2-c2ccc(O)c(O)c2)[C@H](O)[C@@H](O)[C@@H]1O. The van der Waals surface area contributed by atoms with Crippen molar-refractivity contribution in [1.82, 2.24) is 0 Å². The van der Waals surface area contributed by atoms with E-state index < -0.39 is 116 Å². The predicted molar refractivity (Wildman–Crippen MR) is 160 cm³/mol. The van der Waals surface area contributed by atoms with Crippen LogP contribution in [0.2, 0.25) is 0 Å². The lowest BCUT2D eigenvalue weighted by atomic mass is 9.99. The fraction of sp³-hybridized carbons (Fsp3) is 0.452. The van der Waals surface area contributed by atoms with Gasteiger partial charge in [0, 0.05) is 17.7 Å². The summed E-state index contributed by atoms with van der Waals surface area (Å²) in [6, 6.07) is 6.64. The van der Waals surface area contributed by atoms with Crippen LogP contribution in [-0.2, 0) is 23.8 Å². The highest BCUT2D eigenvalue weighted by atomic mass is 16.7. The van der Waals surface area contributed by atoms with Crippen molar-refractivity contribution < 1.29 is 88.8 Å². The Morgan fingerprint density at radius 1 is 0.720 bits per heavy atom. The molecule has 0 bridgehead atoms. The minimum atomic E-state index is -1.95. The molecule has 0 spiro atoms. The number of benzene rings is 2. The smallest absolute Gasteiger partial charge is 0.306 e. The summed E-state index contributed by atoms with van der Waals surface area (Å²) in [7, 11) is 0. The Balaban J connectivity index is 1.52. The Morgan fingerprint density at radius 2 is 1.34 bits per heavy atom. The van der Waals surface area contributed by atoms with Gasteiger partial charge < -0.3 is 79.2 Å². The fourth-order valence-electron chi connectivity index (χ4n) is 5.23. The maximum atomic E-state index is 12.7. The molecule has 272 valence electrons. The van der Waals surface area contributed by atoms with Crippen LogP contribution in [0.25, 0.3) is 22.6 Å². The van der Waals surface area contributed by atoms with Gasteiger partial charge in [0.05, 0.1) is 25.0 Å². The Hall–Kier alpha value is -4.57. The number of aliphatic hydroxyl groups excluding tert-OH is 7. The second-order valence-corrected chi connectivity index (χ2v) is 11.5. The maximum absolute atomic E-state index is 12.7. The van der Waals surface area contributed by atoms with E-state index in [0.29, 0.717) is 0 Å². The summed E-state index contributed by atoms with van der Waals surface area (Å²) in [4.78, 5) is 35.4. The van der Waals surface area contributed by atoms with Crippen LogP contribution in [0.15, 0.2) is 45.6 Å². The van der Waals surface area contributed by atoms with Crippen LogP contribution in [0, 0.1) is 0 Å². The first-order valence-corrected chi connectivity index (χ1v) is 15.0. The second-order valence-electron chi connectivity index (χ2n) is 11.5. The molecule has 0 saturated carbocycles. The summed E-state index contributed by atoms with van der Waals surface area (Å²) >= 11 is 0. The molecule has 2 saturated heterocycles. The van der Waals surface area contributed by atoms with Gasteiger partial charge in [-0.1, -0.05) is 0 Å². The minimum Gasteiger partial charge on any atom is -0.504 e. The molecule has 5 rings (SSSR count). The first-order chi connectivity index (χ1) is 23.7. The van der Waals surface area contributed by atoms with E-state index in [9.17, 15) is 60.3 Å². The molecule has 2 fully saturated rings. The van der Waals surface area contributed by atoms with Gasteiger partial charge in [-0.15, -0.1) is 0 Å². The van der Waals surface area contributed by atoms with Gasteiger partial charge in [-0.2, -0.15) is 0 Å². The van der Waals surface area contributed by atoms with Gasteiger partial charge in [0.2, 0.25) is 12.6 Å². The van der Waals surface area contributed by atoms with Crippen molar-refractivity contribution in [2.75, 3.05) is 13.2 Å². The van der Waals surface area contributed by atoms with E-state index >= 15 is 0 Å². The number of fused-ring (bicyclic) bond motifs is 1. The van der Waals surface area contributed by atoms with E-state index in [2.05, 4.69) is 0 Å². The topological polar surface area (TPSA) is 313 Å². The van der Waals surface area contributed by atoms with Gasteiger partial charge in [0.15, 0.2) is 28.4 Å². The second kappa shape index (κ2) is 15.1. The number of hydrogen-bond donors (Lipinski definition) is 10. The molecular formula is C31H34O19. The molecule has 19 nitrogen and oxygen atoms in total. The third-order valence-electron chi connectivity index (χ3n) is 7.98. The molecule has 19 heteroatoms. The van der Waals surface area contributed by atoms with E-state index in [1.54, 1.807) is 0 Å². The van der Waals surface area contributed by atoms with E-state index in [0.717, 1.165) is 24.3 Å². The van der Waals surface area contributed by atoms with E-state index in [1.807, 2.05) is 0 Å². The number of esters is 1. The fourth-order valence-corrected chi connectivity index (χ4v) is 5.23. The lowest BCUT2D eigenvalue weighted by Gasteiger charge is -2.40. The molecular weight excluding hydrogens is 676 g/mol. The molecule has 3 aliphatic heterocycles. The number of rotatable bonds is 11. The normalized spacial score (nSPS) is 29.7. The number of phenols is 2. The largest absolute Gasteiger partial charge is 0.504 e. The summed E-state index contributed by atoms with van der Waals surface area (Å²) in [5.41, 5.74) is -0.698. The number of ether oxygens (including phenoxy) is 5. The molecule has 0 aromatic heterocycles. The molecule has 0 amide bonds. The van der Waals surface area contributed by atoms with Gasteiger partial charge >= 0.3 is 11.9 Å². The van der Waals surface area contributed by atoms with Gasteiger partial charge in [0.1, 0.15) is 66.9 Å². The van der Waals surface area contributed by atoms with Gasteiger partial charge in [-0.25, -0.2) is 0 Å². The van der Waals surface area contributed by atoms with Gasteiger partial charge in [-0.3, -0.25) is 14.4 Å². The van der Waals surface area contributed by atoms with Crippen molar-refractivity contribution in [2.45, 2.75) is 74.3 Å². The van der Waals surface area contributed by atoms with Crippen molar-refractivity contribution in [3.63, 3.8) is 0 Å². The van der Waals surface area contributed by atoms with Gasteiger partial charge in [0.25, 0.3) is 0 Å². The molecule has 4 aliphatic rings. The highest BCUT2D eigenvalue weighted by Gasteiger charge is 2.47. The number of aliphatic hydroxyl groups is 7. The summed E-state index contributed by atoms with van der Waals surface area (Å²) in [6.45, 7) is -1.45. The first kappa shape index (κ1) is 36.7. The van der Waals surface area contributed by atoms with E-state index in [1.165, 1.54) is 12.1 Å². The summed E-state index contributed by atoms with van der Waals surface area (Å²) in [5, 5.41) is 101. The minimum absolute atomic E-state index is 0.0414. The van der Waals surface area contributed by atoms with Crippen LogP contribution in [0.3, 0.4) is 0 Å². The number of carboxylic acid groups (broad SMARTS) is 1. The molecule has 0 radical (unpaired) electrons. The quantitative estimate of drug-likeness (QED) is 0.0732. The third kappa shape index (κ3) is 7.75. The van der Waals surface area contributed by atoms with Crippen LogP contribution in [0.5, 0.6) is 23.0 Å². The van der Waals surface area contributed by atoms with Crippen LogP contribution >= 0.6 is 0 Å². The molecule has 0 unspecified atom stereocenters. The number of carboxylic acids is 1. The third-order valence-corrected chi connectivity index (χ3v) is 7.98. The standard InChI is InChI=1S/C31H34O19/c32-9-19-23(39)25(41)27(43)30(49-19)47-17-7-12(33)6-16-13(17)8-18(29(46-16)11-1-2-14(34)15(35)5-11)48-31-28(44)26(42)24(40)20(50-31)10-45-22(38)4-3-21(36)37/h1-2,5-8,19-20,23-28,30-32,34-35,39-44H,3-4,9-10H2,(H,36,37)/t19-,20-,23-,24-,25+,26+,27-,28-,30-,31-/m1/s1. The van der Waals surface area contributed by atoms with Crippen molar-refractivity contribution in [3.05, 3.63) is 46.6 Å². The average molecular weight is 711 g/mol. The highest BCUT2D eigenvalue weighted by molar-refractivity contribution is 5.77. The number of aliphatic carboxylic acids is 1. The first-order valence-electron chi connectivity index (χ1n) is 15.0. The van der Waals surface area contributed by atoms with Crippen molar-refractivity contribution in [2.24, 2.45) is 0 Å². The van der Waals surface area contributed by atoms with Crippen molar-refractivity contribution >= 4 is 11.9 Å². The zero-order valence-corrected chi connectivity index (χ0v) is 25.7. The number of aromatic hydroxyl groups is 2. The van der Waals surface area contributed by atoms with Crippen LogP contribution in [-0.4, -0.2) is 138 Å². The van der Waals surface area contributed by atoms with Crippen molar-refractivity contribution in [3.8, 4) is 45.6 Å². The molecule has 1 aromatic carbocycles. The van der Waals surface area contributed by atoms with Crippen LogP contribution in [0.1, 0.15) is 12.8 Å². The average Bonchev–Trinajstić information content (AvgIpc) is 3.08. The predicted octanol–water partition coefficient (Wildman–Crippen LogP) is -2.40. The summed E-state index contributed by atoms with van der Waals surface area (Å²) in [5.74, 6) is -4.38.